The quantitative estimate of drug-likeness (QED) is 0.802. The summed E-state index contributed by atoms with van der Waals surface area (Å²) in [6, 6.07) is 13.5. The standard InChI is InChI=1S/C19H20BrNO3/c1-2-6-14(13-7-4-3-5-8-13)19(22)21-16-12-18-17(11-15(16)20)23-9-10-24-18/h3-5,7-8,11-12,14H,2,6,9-10H2,1H3,(H,21,22)/t14-/m1/s1. The second-order valence-corrected chi connectivity index (χ2v) is 6.57. The van der Waals surface area contributed by atoms with Gasteiger partial charge in [-0.3, -0.25) is 4.79 Å². The highest BCUT2D eigenvalue weighted by Crippen LogP contribution is 2.38. The van der Waals surface area contributed by atoms with Gasteiger partial charge in [0.1, 0.15) is 13.2 Å². The Morgan fingerprint density at radius 2 is 1.83 bits per heavy atom. The van der Waals surface area contributed by atoms with Crippen molar-refractivity contribution < 1.29 is 14.3 Å². The molecule has 3 rings (SSSR count). The van der Waals surface area contributed by atoms with Gasteiger partial charge in [0.05, 0.1) is 11.6 Å². The third kappa shape index (κ3) is 3.73. The van der Waals surface area contributed by atoms with Gasteiger partial charge in [0.15, 0.2) is 11.5 Å². The Hall–Kier alpha value is -2.01. The van der Waals surface area contributed by atoms with Gasteiger partial charge in [-0.15, -0.1) is 0 Å². The number of anilines is 1. The lowest BCUT2D eigenvalue weighted by Gasteiger charge is -2.21. The highest BCUT2D eigenvalue weighted by molar-refractivity contribution is 9.10. The number of fused-ring (bicyclic) bond motifs is 1. The van der Waals surface area contributed by atoms with Crippen LogP contribution in [-0.2, 0) is 4.79 Å². The molecule has 126 valence electrons. The predicted octanol–water partition coefficient (Wildman–Crippen LogP) is 4.74. The average Bonchev–Trinajstić information content (AvgIpc) is 2.61. The summed E-state index contributed by atoms with van der Waals surface area (Å²) in [5.41, 5.74) is 1.73. The van der Waals surface area contributed by atoms with Crippen molar-refractivity contribution in [3.63, 3.8) is 0 Å². The maximum atomic E-state index is 12.8. The molecule has 0 aromatic heterocycles. The Kier molecular flexibility index (Phi) is 5.41. The predicted molar refractivity (Wildman–Crippen MR) is 97.9 cm³/mol. The Morgan fingerprint density at radius 1 is 1.17 bits per heavy atom. The molecule has 5 heteroatoms. The molecule has 1 heterocycles. The minimum absolute atomic E-state index is 0.0135. The Bertz CT molecular complexity index is 718. The van der Waals surface area contributed by atoms with E-state index in [9.17, 15) is 4.79 Å². The summed E-state index contributed by atoms with van der Waals surface area (Å²) < 4.78 is 11.9. The van der Waals surface area contributed by atoms with E-state index in [2.05, 4.69) is 28.2 Å². The molecule has 0 unspecified atom stereocenters. The summed E-state index contributed by atoms with van der Waals surface area (Å²) in [5, 5.41) is 3.02. The van der Waals surface area contributed by atoms with E-state index < -0.39 is 0 Å². The highest BCUT2D eigenvalue weighted by Gasteiger charge is 2.22. The van der Waals surface area contributed by atoms with Crippen molar-refractivity contribution in [3.8, 4) is 11.5 Å². The van der Waals surface area contributed by atoms with Crippen LogP contribution in [0.25, 0.3) is 0 Å². The third-order valence-electron chi connectivity index (χ3n) is 3.99. The van der Waals surface area contributed by atoms with Gasteiger partial charge in [0.25, 0.3) is 0 Å². The van der Waals surface area contributed by atoms with Crippen molar-refractivity contribution in [3.05, 3.63) is 52.5 Å². The number of hydrogen-bond acceptors (Lipinski definition) is 3. The number of rotatable bonds is 5. The molecule has 1 atom stereocenters. The SMILES string of the molecule is CCC[C@@H](C(=O)Nc1cc2c(cc1Br)OCCO2)c1ccccc1. The zero-order valence-electron chi connectivity index (χ0n) is 13.5. The van der Waals surface area contributed by atoms with Crippen LogP contribution in [0.5, 0.6) is 11.5 Å². The molecule has 0 saturated heterocycles. The monoisotopic (exact) mass is 389 g/mol. The van der Waals surface area contributed by atoms with Gasteiger partial charge in [0, 0.05) is 16.6 Å². The molecule has 1 amide bonds. The van der Waals surface area contributed by atoms with Crippen molar-refractivity contribution in [2.45, 2.75) is 25.7 Å². The van der Waals surface area contributed by atoms with Crippen molar-refractivity contribution >= 4 is 27.5 Å². The van der Waals surface area contributed by atoms with E-state index in [4.69, 9.17) is 9.47 Å². The third-order valence-corrected chi connectivity index (χ3v) is 4.64. The molecule has 0 bridgehead atoms. The topological polar surface area (TPSA) is 47.6 Å². The highest BCUT2D eigenvalue weighted by atomic mass is 79.9. The average molecular weight is 390 g/mol. The zero-order valence-corrected chi connectivity index (χ0v) is 15.1. The second-order valence-electron chi connectivity index (χ2n) is 5.72. The number of carbonyl (C=O) groups excluding carboxylic acids is 1. The largest absolute Gasteiger partial charge is 0.486 e. The first-order valence-electron chi connectivity index (χ1n) is 8.14. The van der Waals surface area contributed by atoms with Crippen molar-refractivity contribution in [2.24, 2.45) is 0 Å². The van der Waals surface area contributed by atoms with Gasteiger partial charge >= 0.3 is 0 Å². The number of amides is 1. The van der Waals surface area contributed by atoms with Crippen LogP contribution < -0.4 is 14.8 Å². The van der Waals surface area contributed by atoms with Crippen LogP contribution in [0.4, 0.5) is 5.69 Å². The number of halogens is 1. The van der Waals surface area contributed by atoms with Gasteiger partial charge in [0.2, 0.25) is 5.91 Å². The molecule has 0 fully saturated rings. The summed E-state index contributed by atoms with van der Waals surface area (Å²) in [6.07, 6.45) is 1.74. The van der Waals surface area contributed by atoms with E-state index in [1.54, 1.807) is 0 Å². The van der Waals surface area contributed by atoms with Crippen LogP contribution in [0.3, 0.4) is 0 Å². The fraction of sp³-hybridized carbons (Fsp3) is 0.316. The molecule has 2 aromatic rings. The number of hydrogen-bond donors (Lipinski definition) is 1. The number of ether oxygens (including phenoxy) is 2. The van der Waals surface area contributed by atoms with Crippen molar-refractivity contribution in [1.29, 1.82) is 0 Å². The fourth-order valence-electron chi connectivity index (χ4n) is 2.80. The minimum Gasteiger partial charge on any atom is -0.486 e. The van der Waals surface area contributed by atoms with Crippen LogP contribution >= 0.6 is 15.9 Å². The number of benzene rings is 2. The molecule has 24 heavy (non-hydrogen) atoms. The molecule has 0 radical (unpaired) electrons. The molecule has 0 aliphatic carbocycles. The Morgan fingerprint density at radius 3 is 2.50 bits per heavy atom. The minimum atomic E-state index is -0.170. The van der Waals surface area contributed by atoms with E-state index in [-0.39, 0.29) is 11.8 Å². The van der Waals surface area contributed by atoms with Crippen LogP contribution in [0.2, 0.25) is 0 Å². The van der Waals surface area contributed by atoms with E-state index >= 15 is 0 Å². The Labute approximate surface area is 150 Å². The molecule has 2 aromatic carbocycles. The van der Waals surface area contributed by atoms with Gasteiger partial charge in [-0.25, -0.2) is 0 Å². The lowest BCUT2D eigenvalue weighted by molar-refractivity contribution is -0.117. The summed E-state index contributed by atoms with van der Waals surface area (Å²) in [4.78, 5) is 12.8. The van der Waals surface area contributed by atoms with Gasteiger partial charge < -0.3 is 14.8 Å². The molecule has 1 aliphatic rings. The van der Waals surface area contributed by atoms with Crippen LogP contribution in [0, 0.1) is 0 Å². The normalized spacial score (nSPS) is 14.1. The summed E-state index contributed by atoms with van der Waals surface area (Å²) >= 11 is 3.50. The summed E-state index contributed by atoms with van der Waals surface area (Å²) in [5.74, 6) is 1.17. The van der Waals surface area contributed by atoms with E-state index in [1.165, 1.54) is 0 Å². The zero-order chi connectivity index (χ0) is 16.9. The van der Waals surface area contributed by atoms with E-state index in [1.807, 2.05) is 42.5 Å². The smallest absolute Gasteiger partial charge is 0.231 e. The van der Waals surface area contributed by atoms with Crippen molar-refractivity contribution in [2.75, 3.05) is 18.5 Å². The van der Waals surface area contributed by atoms with E-state index in [0.29, 0.717) is 30.4 Å². The van der Waals surface area contributed by atoms with Gasteiger partial charge in [-0.1, -0.05) is 43.7 Å². The number of nitrogens with one attached hydrogen (secondary N) is 1. The summed E-state index contributed by atoms with van der Waals surface area (Å²) in [6.45, 7) is 3.14. The first-order chi connectivity index (χ1) is 11.7. The molecular weight excluding hydrogens is 370 g/mol. The first kappa shape index (κ1) is 16.8. The van der Waals surface area contributed by atoms with Crippen molar-refractivity contribution in [1.82, 2.24) is 0 Å². The first-order valence-corrected chi connectivity index (χ1v) is 8.93. The van der Waals surface area contributed by atoms with Gasteiger partial charge in [-0.05, 0) is 27.9 Å². The van der Waals surface area contributed by atoms with Crippen LogP contribution in [-0.4, -0.2) is 19.1 Å². The molecule has 0 saturated carbocycles. The molecule has 0 spiro atoms. The summed E-state index contributed by atoms with van der Waals surface area (Å²) in [7, 11) is 0. The maximum absolute atomic E-state index is 12.8. The van der Waals surface area contributed by atoms with Crippen LogP contribution in [0.1, 0.15) is 31.2 Å². The lowest BCUT2D eigenvalue weighted by Crippen LogP contribution is -2.22. The molecule has 1 N–H and O–H groups in total. The Balaban J connectivity index is 1.82. The fourth-order valence-corrected chi connectivity index (χ4v) is 3.22. The van der Waals surface area contributed by atoms with E-state index in [0.717, 1.165) is 22.9 Å². The molecular formula is C19H20BrNO3. The molecule has 4 nitrogen and oxygen atoms in total. The molecule has 1 aliphatic heterocycles. The maximum Gasteiger partial charge on any atom is 0.231 e. The lowest BCUT2D eigenvalue weighted by atomic mass is 9.93. The number of carbonyl (C=O) groups is 1. The second kappa shape index (κ2) is 7.71. The van der Waals surface area contributed by atoms with Crippen LogP contribution in [0.15, 0.2) is 46.9 Å². The van der Waals surface area contributed by atoms with Gasteiger partial charge in [-0.2, -0.15) is 0 Å².